The van der Waals surface area contributed by atoms with Crippen molar-refractivity contribution < 1.29 is 14.6 Å². The van der Waals surface area contributed by atoms with E-state index in [0.717, 1.165) is 21.3 Å². The van der Waals surface area contributed by atoms with Crippen LogP contribution in [0.3, 0.4) is 0 Å². The van der Waals surface area contributed by atoms with Crippen molar-refractivity contribution in [1.29, 1.82) is 0 Å². The first-order valence-electron chi connectivity index (χ1n) is 9.38. The molecule has 8 nitrogen and oxygen atoms in total. The minimum atomic E-state index is -1.18. The van der Waals surface area contributed by atoms with Gasteiger partial charge in [0.15, 0.2) is 9.74 Å². The van der Waals surface area contributed by atoms with Gasteiger partial charge in [-0.05, 0) is 45.2 Å². The van der Waals surface area contributed by atoms with Gasteiger partial charge in [0.2, 0.25) is 0 Å². The molecule has 2 atom stereocenters. The van der Waals surface area contributed by atoms with Gasteiger partial charge in [-0.15, -0.1) is 16.4 Å². The number of carboxylic acid groups (broad SMARTS) is 1. The van der Waals surface area contributed by atoms with Gasteiger partial charge in [0.25, 0.3) is 0 Å². The van der Waals surface area contributed by atoms with Crippen LogP contribution in [-0.4, -0.2) is 50.9 Å². The molecular weight excluding hydrogens is 462 g/mol. The third kappa shape index (κ3) is 7.01. The van der Waals surface area contributed by atoms with Crippen LogP contribution in [0.2, 0.25) is 25.7 Å². The second-order valence-electron chi connectivity index (χ2n) is 8.01. The number of aliphatic carboxylic acids is 1. The summed E-state index contributed by atoms with van der Waals surface area (Å²) in [6.07, 6.45) is 3.62. The minimum Gasteiger partial charge on any atom is -0.481 e. The van der Waals surface area contributed by atoms with Crippen LogP contribution in [0.25, 0.3) is 0 Å². The summed E-state index contributed by atoms with van der Waals surface area (Å²) in [5.41, 5.74) is 0. The van der Waals surface area contributed by atoms with Gasteiger partial charge >= 0.3 is 5.97 Å². The highest BCUT2D eigenvalue weighted by Gasteiger charge is 2.33. The topological polar surface area (TPSA) is 103 Å². The van der Waals surface area contributed by atoms with Gasteiger partial charge in [-0.25, -0.2) is 9.67 Å². The van der Waals surface area contributed by atoms with Crippen molar-refractivity contribution in [3.05, 3.63) is 20.8 Å². The molecule has 0 bridgehead atoms. The zero-order valence-electron chi connectivity index (χ0n) is 16.8. The zero-order chi connectivity index (χ0) is 20.7. The Bertz CT molecular complexity index is 764. The third-order valence-corrected chi connectivity index (χ3v) is 7.65. The van der Waals surface area contributed by atoms with Gasteiger partial charge in [0.1, 0.15) is 6.73 Å². The van der Waals surface area contributed by atoms with E-state index in [1.165, 1.54) is 11.3 Å². The van der Waals surface area contributed by atoms with Crippen LogP contribution in [0.5, 0.6) is 0 Å². The number of thiazole rings is 1. The van der Waals surface area contributed by atoms with Crippen molar-refractivity contribution in [2.75, 3.05) is 6.61 Å². The van der Waals surface area contributed by atoms with Gasteiger partial charge in [-0.3, -0.25) is 4.79 Å². The maximum Gasteiger partial charge on any atom is 0.307 e. The third-order valence-electron chi connectivity index (χ3n) is 4.45. The Labute approximate surface area is 178 Å². The molecule has 2 heterocycles. The molecule has 0 aromatic carbocycles. The lowest BCUT2D eigenvalue weighted by Crippen LogP contribution is -2.27. The summed E-state index contributed by atoms with van der Waals surface area (Å²) in [7, 11) is -1.18. The normalized spacial score (nSPS) is 14.2. The first kappa shape index (κ1) is 23.1. The summed E-state index contributed by atoms with van der Waals surface area (Å²) in [5, 5.41) is 21.8. The van der Waals surface area contributed by atoms with Gasteiger partial charge in [0.05, 0.1) is 5.92 Å². The van der Waals surface area contributed by atoms with E-state index >= 15 is 0 Å². The van der Waals surface area contributed by atoms with Crippen LogP contribution in [0.15, 0.2) is 10.1 Å². The molecule has 28 heavy (non-hydrogen) atoms. The van der Waals surface area contributed by atoms with Crippen LogP contribution >= 0.6 is 27.3 Å². The minimum absolute atomic E-state index is 0.230. The number of ether oxygens (including phenoxy) is 1. The molecule has 0 saturated heterocycles. The molecule has 0 aliphatic carbocycles. The number of hydrogen-bond donors (Lipinski definition) is 1. The number of carbonyl (C=O) groups is 1. The van der Waals surface area contributed by atoms with Gasteiger partial charge < -0.3 is 9.84 Å². The molecule has 0 saturated carbocycles. The van der Waals surface area contributed by atoms with Gasteiger partial charge in [0, 0.05) is 31.7 Å². The summed E-state index contributed by atoms with van der Waals surface area (Å²) in [4.78, 5) is 17.2. The highest BCUT2D eigenvalue weighted by molar-refractivity contribution is 9.11. The average molecular weight is 491 g/mol. The second-order valence-corrected chi connectivity index (χ2v) is 16.0. The lowest BCUT2D eigenvalue weighted by atomic mass is 9.85. The summed E-state index contributed by atoms with van der Waals surface area (Å²) >= 11 is 4.87. The number of carboxylic acids is 1. The highest BCUT2D eigenvalue weighted by Crippen LogP contribution is 2.33. The summed E-state index contributed by atoms with van der Waals surface area (Å²) in [5.74, 6) is -1.19. The molecule has 0 aliphatic rings. The molecule has 2 aromatic rings. The first-order chi connectivity index (χ1) is 13.2. The molecule has 1 N–H and O–H groups in total. The van der Waals surface area contributed by atoms with Crippen LogP contribution in [0, 0.1) is 5.92 Å². The van der Waals surface area contributed by atoms with E-state index in [4.69, 9.17) is 4.74 Å². The Morgan fingerprint density at radius 3 is 2.75 bits per heavy atom. The van der Waals surface area contributed by atoms with Crippen LogP contribution in [0.4, 0.5) is 0 Å². The lowest BCUT2D eigenvalue weighted by molar-refractivity contribution is -0.143. The predicted molar refractivity (Wildman–Crippen MR) is 114 cm³/mol. The first-order valence-corrected chi connectivity index (χ1v) is 14.7. The lowest BCUT2D eigenvalue weighted by Gasteiger charge is -2.22. The van der Waals surface area contributed by atoms with E-state index in [0.29, 0.717) is 25.3 Å². The molecule has 11 heteroatoms. The zero-order valence-corrected chi connectivity index (χ0v) is 20.2. The van der Waals surface area contributed by atoms with Crippen molar-refractivity contribution in [1.82, 2.24) is 25.2 Å². The van der Waals surface area contributed by atoms with Gasteiger partial charge in [-0.1, -0.05) is 33.0 Å². The van der Waals surface area contributed by atoms with Crippen LogP contribution in [-0.2, 0) is 22.7 Å². The van der Waals surface area contributed by atoms with E-state index in [-0.39, 0.29) is 12.6 Å². The van der Waals surface area contributed by atoms with E-state index in [1.54, 1.807) is 10.9 Å². The molecule has 156 valence electrons. The Kier molecular flexibility index (Phi) is 8.72. The fourth-order valence-corrected chi connectivity index (χ4v) is 5.09. The van der Waals surface area contributed by atoms with E-state index < -0.39 is 20.0 Å². The quantitative estimate of drug-likeness (QED) is 0.354. The number of nitrogens with zero attached hydrogens (tertiary/aromatic N) is 5. The molecule has 0 aliphatic heterocycles. The van der Waals surface area contributed by atoms with Crippen molar-refractivity contribution in [3.63, 3.8) is 0 Å². The van der Waals surface area contributed by atoms with Crippen molar-refractivity contribution in [2.45, 2.75) is 64.5 Å². The number of halogens is 1. The number of hydrogen-bond acceptors (Lipinski definition) is 7. The maximum absolute atomic E-state index is 12.0. The summed E-state index contributed by atoms with van der Waals surface area (Å²) < 4.78 is 8.16. The number of rotatable bonds is 12. The van der Waals surface area contributed by atoms with Crippen LogP contribution in [0.1, 0.15) is 36.4 Å². The maximum atomic E-state index is 12.0. The molecule has 0 unspecified atom stereocenters. The summed E-state index contributed by atoms with van der Waals surface area (Å²) in [6, 6.07) is 1.05. The molecule has 2 aromatic heterocycles. The van der Waals surface area contributed by atoms with Crippen LogP contribution < -0.4 is 0 Å². The van der Waals surface area contributed by atoms with Crippen molar-refractivity contribution >= 4 is 41.3 Å². The molecule has 0 fully saturated rings. The Balaban J connectivity index is 2.20. The van der Waals surface area contributed by atoms with Crippen molar-refractivity contribution in [2.24, 2.45) is 5.92 Å². The monoisotopic (exact) mass is 489 g/mol. The fraction of sp³-hybridized carbons (Fsp3) is 0.706. The molecule has 0 amide bonds. The van der Waals surface area contributed by atoms with Gasteiger partial charge in [-0.2, -0.15) is 0 Å². The molecule has 2 rings (SSSR count). The SMILES string of the molecule is CCC[C@H](C(=O)O)[C@H](Cc1cnc(Br)s1)c1nnnn1COCC[Si](C)(C)C. The fourth-order valence-electron chi connectivity index (χ4n) is 2.91. The largest absolute Gasteiger partial charge is 0.481 e. The highest BCUT2D eigenvalue weighted by atomic mass is 79.9. The number of tetrazole rings is 1. The summed E-state index contributed by atoms with van der Waals surface area (Å²) in [6.45, 7) is 9.75. The smallest absolute Gasteiger partial charge is 0.307 e. The van der Waals surface area contributed by atoms with E-state index in [1.807, 2.05) is 6.92 Å². The van der Waals surface area contributed by atoms with E-state index in [2.05, 4.69) is 56.1 Å². The average Bonchev–Trinajstić information content (AvgIpc) is 3.22. The van der Waals surface area contributed by atoms with E-state index in [9.17, 15) is 9.90 Å². The molecule has 0 spiro atoms. The Morgan fingerprint density at radius 1 is 1.43 bits per heavy atom. The predicted octanol–water partition coefficient (Wildman–Crippen LogP) is 4.03. The second kappa shape index (κ2) is 10.6. The number of aromatic nitrogens is 5. The van der Waals surface area contributed by atoms with Crippen molar-refractivity contribution in [3.8, 4) is 0 Å². The standard InChI is InChI=1S/C17H28BrN5O3SSi/c1-5-6-13(16(24)25)14(9-12-10-19-17(18)27-12)15-20-21-22-23(15)11-26-7-8-28(2,3)4/h10,13-14H,5-9,11H2,1-4H3,(H,24,25)/t13-,14-/m0/s1. The molecular formula is C17H28BrN5O3SSi. The Morgan fingerprint density at radius 2 is 2.18 bits per heavy atom. The molecule has 0 radical (unpaired) electrons. The Hall–Kier alpha value is -1.17.